The molecule has 2 rings (SSSR count). The SMILES string of the molecule is Cc1cc(CS(=O)[O-])cc(-c2ccccc2)c1. The Kier molecular flexibility index (Phi) is 3.71. The Labute approximate surface area is 104 Å². The van der Waals surface area contributed by atoms with Crippen molar-refractivity contribution in [1.82, 2.24) is 0 Å². The highest BCUT2D eigenvalue weighted by atomic mass is 32.2. The van der Waals surface area contributed by atoms with Gasteiger partial charge in [0.2, 0.25) is 0 Å². The van der Waals surface area contributed by atoms with E-state index in [1.54, 1.807) is 0 Å². The second kappa shape index (κ2) is 5.25. The minimum absolute atomic E-state index is 0.0709. The largest absolute Gasteiger partial charge is 0.772 e. The lowest BCUT2D eigenvalue weighted by Gasteiger charge is -2.09. The number of benzene rings is 2. The maximum Gasteiger partial charge on any atom is 0.0353 e. The van der Waals surface area contributed by atoms with Crippen LogP contribution in [0.4, 0.5) is 0 Å². The van der Waals surface area contributed by atoms with Gasteiger partial charge in [-0.1, -0.05) is 65.2 Å². The second-order valence-corrected chi connectivity index (χ2v) is 4.92. The van der Waals surface area contributed by atoms with Gasteiger partial charge < -0.3 is 4.55 Å². The van der Waals surface area contributed by atoms with Crippen LogP contribution < -0.4 is 0 Å². The Bertz CT molecular complexity index is 535. The smallest absolute Gasteiger partial charge is 0.0353 e. The van der Waals surface area contributed by atoms with Gasteiger partial charge in [-0.05, 0) is 23.6 Å². The molecule has 0 saturated carbocycles. The molecule has 0 heterocycles. The predicted octanol–water partition coefficient (Wildman–Crippen LogP) is 3.04. The van der Waals surface area contributed by atoms with Crippen molar-refractivity contribution in [2.75, 3.05) is 0 Å². The zero-order valence-corrected chi connectivity index (χ0v) is 10.4. The molecular weight excluding hydrogens is 232 g/mol. The molecule has 2 aromatic carbocycles. The fraction of sp³-hybridized carbons (Fsp3) is 0.143. The Balaban J connectivity index is 2.42. The van der Waals surface area contributed by atoms with Crippen LogP contribution in [0.3, 0.4) is 0 Å². The molecule has 0 spiro atoms. The van der Waals surface area contributed by atoms with Crippen molar-refractivity contribution in [3.8, 4) is 11.1 Å². The maximum absolute atomic E-state index is 10.7. The molecule has 2 nitrogen and oxygen atoms in total. The molecule has 0 aromatic heterocycles. The number of hydrogen-bond donors (Lipinski definition) is 0. The van der Waals surface area contributed by atoms with E-state index in [1.165, 1.54) is 0 Å². The molecule has 0 amide bonds. The first-order chi connectivity index (χ1) is 8.15. The van der Waals surface area contributed by atoms with Crippen LogP contribution in [0.15, 0.2) is 48.5 Å². The normalized spacial score (nSPS) is 12.4. The summed E-state index contributed by atoms with van der Waals surface area (Å²) in [6.45, 7) is 1.98. The zero-order valence-electron chi connectivity index (χ0n) is 9.55. The first kappa shape index (κ1) is 12.0. The topological polar surface area (TPSA) is 40.1 Å². The number of hydrogen-bond acceptors (Lipinski definition) is 2. The van der Waals surface area contributed by atoms with Crippen molar-refractivity contribution in [2.45, 2.75) is 12.7 Å². The fourth-order valence-electron chi connectivity index (χ4n) is 1.88. The summed E-state index contributed by atoms with van der Waals surface area (Å²) in [7, 11) is 0. The first-order valence-electron chi connectivity index (χ1n) is 5.37. The minimum atomic E-state index is -2.04. The van der Waals surface area contributed by atoms with Crippen LogP contribution in [0, 0.1) is 6.92 Å². The van der Waals surface area contributed by atoms with Crippen molar-refractivity contribution in [3.05, 3.63) is 59.7 Å². The molecule has 0 aliphatic carbocycles. The van der Waals surface area contributed by atoms with Gasteiger partial charge in [0.15, 0.2) is 0 Å². The lowest BCUT2D eigenvalue weighted by molar-refractivity contribution is 0.536. The molecule has 0 radical (unpaired) electrons. The molecule has 2 aromatic rings. The van der Waals surface area contributed by atoms with Gasteiger partial charge in [-0.25, -0.2) is 0 Å². The van der Waals surface area contributed by atoms with Crippen molar-refractivity contribution >= 4 is 11.1 Å². The molecule has 0 aliphatic heterocycles. The molecule has 1 unspecified atom stereocenters. The Hall–Kier alpha value is -1.45. The summed E-state index contributed by atoms with van der Waals surface area (Å²) in [5.41, 5.74) is 4.07. The average Bonchev–Trinajstić information content (AvgIpc) is 2.28. The van der Waals surface area contributed by atoms with E-state index in [2.05, 4.69) is 6.07 Å². The van der Waals surface area contributed by atoms with E-state index in [0.29, 0.717) is 0 Å². The summed E-state index contributed by atoms with van der Waals surface area (Å²) < 4.78 is 21.5. The van der Waals surface area contributed by atoms with E-state index in [4.69, 9.17) is 0 Å². The van der Waals surface area contributed by atoms with Gasteiger partial charge in [0, 0.05) is 5.75 Å². The fourth-order valence-corrected chi connectivity index (χ4v) is 2.32. The molecule has 0 fully saturated rings. The molecule has 88 valence electrons. The number of aryl methyl sites for hydroxylation is 1. The van der Waals surface area contributed by atoms with Crippen molar-refractivity contribution in [2.24, 2.45) is 0 Å². The predicted molar refractivity (Wildman–Crippen MR) is 69.2 cm³/mol. The molecule has 3 heteroatoms. The van der Waals surface area contributed by atoms with Gasteiger partial charge in [-0.3, -0.25) is 4.21 Å². The average molecular weight is 245 g/mol. The van der Waals surface area contributed by atoms with Gasteiger partial charge >= 0.3 is 0 Å². The lowest BCUT2D eigenvalue weighted by atomic mass is 10.0. The highest BCUT2D eigenvalue weighted by Gasteiger charge is 2.01. The van der Waals surface area contributed by atoms with Gasteiger partial charge in [0.1, 0.15) is 0 Å². The zero-order chi connectivity index (χ0) is 12.3. The molecule has 0 saturated heterocycles. The van der Waals surface area contributed by atoms with Crippen LogP contribution in [0.5, 0.6) is 0 Å². The van der Waals surface area contributed by atoms with Crippen LogP contribution in [0.2, 0.25) is 0 Å². The summed E-state index contributed by atoms with van der Waals surface area (Å²) in [6, 6.07) is 15.9. The number of rotatable bonds is 3. The molecule has 0 aliphatic rings. The van der Waals surface area contributed by atoms with Crippen molar-refractivity contribution < 1.29 is 8.76 Å². The molecular formula is C14H13O2S-. The third-order valence-corrected chi connectivity index (χ3v) is 3.10. The summed E-state index contributed by atoms with van der Waals surface area (Å²) in [5.74, 6) is 0.0709. The van der Waals surface area contributed by atoms with E-state index >= 15 is 0 Å². The molecule has 1 atom stereocenters. The van der Waals surface area contributed by atoms with E-state index in [1.807, 2.05) is 49.4 Å². The third kappa shape index (κ3) is 3.25. The summed E-state index contributed by atoms with van der Waals surface area (Å²) in [6.07, 6.45) is 0. The van der Waals surface area contributed by atoms with Crippen LogP contribution in [-0.2, 0) is 16.8 Å². The van der Waals surface area contributed by atoms with Crippen LogP contribution in [0.25, 0.3) is 11.1 Å². The monoisotopic (exact) mass is 245 g/mol. The van der Waals surface area contributed by atoms with E-state index < -0.39 is 11.1 Å². The first-order valence-corrected chi connectivity index (χ1v) is 6.61. The molecule has 0 bridgehead atoms. The van der Waals surface area contributed by atoms with Crippen LogP contribution in [-0.4, -0.2) is 8.76 Å². The molecule has 17 heavy (non-hydrogen) atoms. The standard InChI is InChI=1S/C14H14O2S/c1-11-7-12(10-17(15)16)9-14(8-11)13-5-3-2-4-6-13/h2-9H,10H2,1H3,(H,15,16)/p-1. The van der Waals surface area contributed by atoms with Gasteiger partial charge in [0.05, 0.1) is 0 Å². The van der Waals surface area contributed by atoms with Crippen LogP contribution in [0.1, 0.15) is 11.1 Å². The summed E-state index contributed by atoms with van der Waals surface area (Å²) >= 11 is -2.04. The minimum Gasteiger partial charge on any atom is -0.772 e. The quantitative estimate of drug-likeness (QED) is 0.780. The van der Waals surface area contributed by atoms with E-state index in [-0.39, 0.29) is 5.75 Å². The van der Waals surface area contributed by atoms with Gasteiger partial charge in [0.25, 0.3) is 0 Å². The van der Waals surface area contributed by atoms with Crippen molar-refractivity contribution in [3.63, 3.8) is 0 Å². The Morgan fingerprint density at radius 1 is 1.06 bits per heavy atom. The summed E-state index contributed by atoms with van der Waals surface area (Å²) in [4.78, 5) is 0. The Morgan fingerprint density at radius 3 is 2.41 bits per heavy atom. The summed E-state index contributed by atoms with van der Waals surface area (Å²) in [5, 5.41) is 0. The highest BCUT2D eigenvalue weighted by molar-refractivity contribution is 7.78. The lowest BCUT2D eigenvalue weighted by Crippen LogP contribution is -1.94. The van der Waals surface area contributed by atoms with E-state index in [9.17, 15) is 8.76 Å². The molecule has 0 N–H and O–H groups in total. The third-order valence-electron chi connectivity index (χ3n) is 2.53. The van der Waals surface area contributed by atoms with Gasteiger partial charge in [-0.15, -0.1) is 0 Å². The van der Waals surface area contributed by atoms with Crippen LogP contribution >= 0.6 is 0 Å². The highest BCUT2D eigenvalue weighted by Crippen LogP contribution is 2.22. The Morgan fingerprint density at radius 2 is 1.76 bits per heavy atom. The van der Waals surface area contributed by atoms with E-state index in [0.717, 1.165) is 22.3 Å². The maximum atomic E-state index is 10.7. The second-order valence-electron chi connectivity index (χ2n) is 4.02. The van der Waals surface area contributed by atoms with Crippen molar-refractivity contribution in [1.29, 1.82) is 0 Å². The van der Waals surface area contributed by atoms with Gasteiger partial charge in [-0.2, -0.15) is 0 Å².